The van der Waals surface area contributed by atoms with E-state index in [1.807, 2.05) is 32.9 Å². The molecule has 2 aromatic rings. The molecule has 2 aromatic carbocycles. The summed E-state index contributed by atoms with van der Waals surface area (Å²) in [4.78, 5) is 0. The van der Waals surface area contributed by atoms with Crippen molar-refractivity contribution in [1.82, 2.24) is 0 Å². The lowest BCUT2D eigenvalue weighted by Crippen LogP contribution is -2.08. The van der Waals surface area contributed by atoms with E-state index in [1.165, 1.54) is 6.07 Å². The summed E-state index contributed by atoms with van der Waals surface area (Å²) in [5.41, 5.74) is 9.38. The minimum atomic E-state index is -0.286. The van der Waals surface area contributed by atoms with Crippen LogP contribution in [0.3, 0.4) is 0 Å². The van der Waals surface area contributed by atoms with Gasteiger partial charge in [0.25, 0.3) is 0 Å². The van der Waals surface area contributed by atoms with Gasteiger partial charge in [-0.15, -0.1) is 0 Å². The van der Waals surface area contributed by atoms with Crippen molar-refractivity contribution in [3.8, 4) is 11.5 Å². The Labute approximate surface area is 119 Å². The maximum Gasteiger partial charge on any atom is 0.132 e. The van der Waals surface area contributed by atoms with E-state index in [0.717, 1.165) is 16.9 Å². The molecule has 0 fully saturated rings. The molecule has 0 aliphatic heterocycles. The van der Waals surface area contributed by atoms with Gasteiger partial charge in [-0.05, 0) is 68.7 Å². The molecule has 0 saturated heterocycles. The fourth-order valence-corrected chi connectivity index (χ4v) is 2.23. The molecular weight excluding hydrogens is 253 g/mol. The molecule has 0 aromatic heterocycles. The fraction of sp³-hybridized carbons (Fsp3) is 0.294. The van der Waals surface area contributed by atoms with Gasteiger partial charge in [-0.2, -0.15) is 0 Å². The van der Waals surface area contributed by atoms with Gasteiger partial charge >= 0.3 is 0 Å². The quantitative estimate of drug-likeness (QED) is 0.889. The second kappa shape index (κ2) is 5.63. The SMILES string of the molecule is Cc1cc(C)cc(Oc2cc(C)c(F)cc2[C@H](C)N)c1. The van der Waals surface area contributed by atoms with Crippen LogP contribution in [0.4, 0.5) is 4.39 Å². The highest BCUT2D eigenvalue weighted by molar-refractivity contribution is 5.44. The van der Waals surface area contributed by atoms with Crippen LogP contribution in [-0.4, -0.2) is 0 Å². The monoisotopic (exact) mass is 273 g/mol. The number of nitrogens with two attached hydrogens (primary N) is 1. The van der Waals surface area contributed by atoms with E-state index in [4.69, 9.17) is 10.5 Å². The molecule has 0 unspecified atom stereocenters. The van der Waals surface area contributed by atoms with Crippen molar-refractivity contribution in [3.05, 3.63) is 58.4 Å². The van der Waals surface area contributed by atoms with Gasteiger partial charge in [-0.3, -0.25) is 0 Å². The van der Waals surface area contributed by atoms with Gasteiger partial charge in [0.1, 0.15) is 17.3 Å². The van der Waals surface area contributed by atoms with Crippen LogP contribution in [0.15, 0.2) is 30.3 Å². The molecule has 2 nitrogen and oxygen atoms in total. The van der Waals surface area contributed by atoms with Gasteiger partial charge in [-0.1, -0.05) is 6.07 Å². The van der Waals surface area contributed by atoms with E-state index < -0.39 is 0 Å². The van der Waals surface area contributed by atoms with Crippen LogP contribution in [0, 0.1) is 26.6 Å². The number of hydrogen-bond acceptors (Lipinski definition) is 2. The van der Waals surface area contributed by atoms with E-state index in [1.54, 1.807) is 13.0 Å². The number of hydrogen-bond donors (Lipinski definition) is 1. The van der Waals surface area contributed by atoms with E-state index in [-0.39, 0.29) is 11.9 Å². The fourth-order valence-electron chi connectivity index (χ4n) is 2.23. The second-order valence-corrected chi connectivity index (χ2v) is 5.35. The van der Waals surface area contributed by atoms with Gasteiger partial charge in [0.15, 0.2) is 0 Å². The van der Waals surface area contributed by atoms with E-state index in [2.05, 4.69) is 6.07 Å². The van der Waals surface area contributed by atoms with Crippen molar-refractivity contribution in [3.63, 3.8) is 0 Å². The Morgan fingerprint density at radius 2 is 1.60 bits per heavy atom. The number of ether oxygens (including phenoxy) is 1. The molecule has 0 spiro atoms. The van der Waals surface area contributed by atoms with Gasteiger partial charge in [0, 0.05) is 11.6 Å². The van der Waals surface area contributed by atoms with Crippen molar-refractivity contribution >= 4 is 0 Å². The van der Waals surface area contributed by atoms with E-state index >= 15 is 0 Å². The van der Waals surface area contributed by atoms with Crippen LogP contribution in [0.2, 0.25) is 0 Å². The molecule has 3 heteroatoms. The predicted molar refractivity (Wildman–Crippen MR) is 79.7 cm³/mol. The van der Waals surface area contributed by atoms with E-state index in [9.17, 15) is 4.39 Å². The molecule has 20 heavy (non-hydrogen) atoms. The standard InChI is InChI=1S/C17H20FNO/c1-10-5-11(2)7-14(6-10)20-17-8-12(3)16(18)9-15(17)13(4)19/h5-9,13H,19H2,1-4H3/t13-/m0/s1. The van der Waals surface area contributed by atoms with Crippen LogP contribution < -0.4 is 10.5 Å². The summed E-state index contributed by atoms with van der Waals surface area (Å²) in [7, 11) is 0. The number of rotatable bonds is 3. The summed E-state index contributed by atoms with van der Waals surface area (Å²) in [5.74, 6) is 1.10. The van der Waals surface area contributed by atoms with E-state index in [0.29, 0.717) is 16.9 Å². The maximum atomic E-state index is 13.7. The molecule has 0 aliphatic rings. The third kappa shape index (κ3) is 3.17. The lowest BCUT2D eigenvalue weighted by Gasteiger charge is -2.16. The van der Waals surface area contributed by atoms with Crippen molar-refractivity contribution in [2.75, 3.05) is 0 Å². The Balaban J connectivity index is 2.44. The predicted octanol–water partition coefficient (Wildman–Crippen LogP) is 4.56. The maximum absolute atomic E-state index is 13.7. The summed E-state index contributed by atoms with van der Waals surface area (Å²) in [6.07, 6.45) is 0. The van der Waals surface area contributed by atoms with Crippen molar-refractivity contribution in [2.45, 2.75) is 33.7 Å². The van der Waals surface area contributed by atoms with Gasteiger partial charge in [0.2, 0.25) is 0 Å². The first kappa shape index (κ1) is 14.5. The molecule has 2 rings (SSSR count). The highest BCUT2D eigenvalue weighted by atomic mass is 19.1. The zero-order valence-corrected chi connectivity index (χ0v) is 12.3. The van der Waals surface area contributed by atoms with Crippen LogP contribution in [-0.2, 0) is 0 Å². The molecule has 0 amide bonds. The number of benzene rings is 2. The normalized spacial score (nSPS) is 12.3. The smallest absolute Gasteiger partial charge is 0.132 e. The first-order chi connectivity index (χ1) is 9.36. The van der Waals surface area contributed by atoms with Crippen molar-refractivity contribution in [2.24, 2.45) is 5.73 Å². The van der Waals surface area contributed by atoms with Crippen LogP contribution in [0.1, 0.15) is 35.2 Å². The van der Waals surface area contributed by atoms with Gasteiger partial charge in [-0.25, -0.2) is 4.39 Å². The summed E-state index contributed by atoms with van der Waals surface area (Å²) < 4.78 is 19.6. The van der Waals surface area contributed by atoms with Gasteiger partial charge < -0.3 is 10.5 Å². The Hall–Kier alpha value is -1.87. The van der Waals surface area contributed by atoms with Crippen LogP contribution in [0.25, 0.3) is 0 Å². The summed E-state index contributed by atoms with van der Waals surface area (Å²) in [6, 6.07) is 8.86. The zero-order valence-electron chi connectivity index (χ0n) is 12.3. The molecule has 0 heterocycles. The zero-order chi connectivity index (χ0) is 14.9. The molecule has 1 atom stereocenters. The molecule has 106 valence electrons. The first-order valence-electron chi connectivity index (χ1n) is 6.68. The summed E-state index contributed by atoms with van der Waals surface area (Å²) in [5, 5.41) is 0. The minimum Gasteiger partial charge on any atom is -0.457 e. The molecule has 0 radical (unpaired) electrons. The lowest BCUT2D eigenvalue weighted by molar-refractivity contribution is 0.467. The van der Waals surface area contributed by atoms with Crippen LogP contribution >= 0.6 is 0 Å². The Bertz CT molecular complexity index is 615. The molecule has 2 N–H and O–H groups in total. The molecule has 0 saturated carbocycles. The highest BCUT2D eigenvalue weighted by Gasteiger charge is 2.13. The Morgan fingerprint density at radius 1 is 1.00 bits per heavy atom. The first-order valence-corrected chi connectivity index (χ1v) is 6.68. The highest BCUT2D eigenvalue weighted by Crippen LogP contribution is 2.32. The van der Waals surface area contributed by atoms with Crippen molar-refractivity contribution in [1.29, 1.82) is 0 Å². The van der Waals surface area contributed by atoms with Crippen molar-refractivity contribution < 1.29 is 9.13 Å². The van der Waals surface area contributed by atoms with Gasteiger partial charge in [0.05, 0.1) is 0 Å². The minimum absolute atomic E-state index is 0.259. The summed E-state index contributed by atoms with van der Waals surface area (Å²) >= 11 is 0. The average Bonchev–Trinajstić information content (AvgIpc) is 2.31. The topological polar surface area (TPSA) is 35.2 Å². The lowest BCUT2D eigenvalue weighted by atomic mass is 10.0. The largest absolute Gasteiger partial charge is 0.457 e. The average molecular weight is 273 g/mol. The Morgan fingerprint density at radius 3 is 2.15 bits per heavy atom. The molecule has 0 bridgehead atoms. The number of halogens is 1. The summed E-state index contributed by atoms with van der Waals surface area (Å²) in [6.45, 7) is 7.57. The third-order valence-corrected chi connectivity index (χ3v) is 3.20. The Kier molecular flexibility index (Phi) is 4.09. The van der Waals surface area contributed by atoms with Crippen LogP contribution in [0.5, 0.6) is 11.5 Å². The molecular formula is C17H20FNO. The number of aryl methyl sites for hydroxylation is 3. The molecule has 0 aliphatic carbocycles. The second-order valence-electron chi connectivity index (χ2n) is 5.35. The third-order valence-electron chi connectivity index (χ3n) is 3.20.